The van der Waals surface area contributed by atoms with E-state index in [4.69, 9.17) is 16.3 Å². The second-order valence-corrected chi connectivity index (χ2v) is 8.02. The summed E-state index contributed by atoms with van der Waals surface area (Å²) in [5, 5.41) is 23.5. The van der Waals surface area contributed by atoms with E-state index in [1.165, 1.54) is 5.56 Å². The maximum atomic E-state index is 11.4. The summed E-state index contributed by atoms with van der Waals surface area (Å²) in [6, 6.07) is 20.6. The minimum absolute atomic E-state index is 0.171. The summed E-state index contributed by atoms with van der Waals surface area (Å²) in [6.45, 7) is 3.64. The van der Waals surface area contributed by atoms with Crippen LogP contribution in [0, 0.1) is 0 Å². The standard InChI is InChI=1S/C26H28ClNO4/c1-2-14-32-25-16-20(10-11-23(25)26(30)31)19-8-6-18(7-9-19)12-13-28-17-24(29)21-4-3-5-22(27)15-21/h3-11,15-16,24,28-29H,2,12-14,17H2,1H3,(H,30,31)/t24-/m0/s1. The predicted octanol–water partition coefficient (Wildman–Crippen LogP) is 5.36. The second kappa shape index (κ2) is 11.7. The van der Waals surface area contributed by atoms with Gasteiger partial charge in [-0.05, 0) is 65.9 Å². The molecule has 5 nitrogen and oxygen atoms in total. The third-order valence-corrected chi connectivity index (χ3v) is 5.36. The zero-order chi connectivity index (χ0) is 22.9. The van der Waals surface area contributed by atoms with Crippen molar-refractivity contribution in [2.45, 2.75) is 25.9 Å². The number of carbonyl (C=O) groups is 1. The highest BCUT2D eigenvalue weighted by atomic mass is 35.5. The fourth-order valence-corrected chi connectivity index (χ4v) is 3.58. The SMILES string of the molecule is CCCOc1cc(-c2ccc(CCNC[C@H](O)c3cccc(Cl)c3)cc2)ccc1C(=O)O. The van der Waals surface area contributed by atoms with Gasteiger partial charge < -0.3 is 20.3 Å². The van der Waals surface area contributed by atoms with Gasteiger partial charge in [0.1, 0.15) is 11.3 Å². The predicted molar refractivity (Wildman–Crippen MR) is 128 cm³/mol. The van der Waals surface area contributed by atoms with E-state index in [0.717, 1.165) is 36.1 Å². The molecule has 0 saturated carbocycles. The van der Waals surface area contributed by atoms with Gasteiger partial charge in [-0.2, -0.15) is 0 Å². The second-order valence-electron chi connectivity index (χ2n) is 7.59. The van der Waals surface area contributed by atoms with Crippen LogP contribution in [0.15, 0.2) is 66.7 Å². The number of aliphatic hydroxyl groups excluding tert-OH is 1. The van der Waals surface area contributed by atoms with Gasteiger partial charge >= 0.3 is 5.97 Å². The highest BCUT2D eigenvalue weighted by Crippen LogP contribution is 2.28. The third-order valence-electron chi connectivity index (χ3n) is 5.12. The Labute approximate surface area is 193 Å². The molecule has 168 valence electrons. The molecule has 3 rings (SSSR count). The van der Waals surface area contributed by atoms with Crippen LogP contribution in [0.25, 0.3) is 11.1 Å². The lowest BCUT2D eigenvalue weighted by Crippen LogP contribution is -2.23. The van der Waals surface area contributed by atoms with E-state index < -0.39 is 12.1 Å². The number of aromatic carboxylic acids is 1. The summed E-state index contributed by atoms with van der Waals surface area (Å²) in [6.07, 6.45) is 1.03. The molecular weight excluding hydrogens is 426 g/mol. The average molecular weight is 454 g/mol. The molecule has 0 bridgehead atoms. The van der Waals surface area contributed by atoms with Crippen LogP contribution < -0.4 is 10.1 Å². The number of hydrogen-bond acceptors (Lipinski definition) is 4. The molecule has 0 aliphatic carbocycles. The smallest absolute Gasteiger partial charge is 0.339 e. The molecular formula is C26H28ClNO4. The molecule has 0 aromatic heterocycles. The molecule has 6 heteroatoms. The molecule has 3 aromatic carbocycles. The Morgan fingerprint density at radius 2 is 1.81 bits per heavy atom. The molecule has 0 fully saturated rings. The molecule has 0 unspecified atom stereocenters. The Morgan fingerprint density at radius 3 is 2.50 bits per heavy atom. The molecule has 3 N–H and O–H groups in total. The lowest BCUT2D eigenvalue weighted by Gasteiger charge is -2.13. The summed E-state index contributed by atoms with van der Waals surface area (Å²) < 4.78 is 5.64. The first-order valence-electron chi connectivity index (χ1n) is 10.7. The lowest BCUT2D eigenvalue weighted by atomic mass is 10.0. The average Bonchev–Trinajstić information content (AvgIpc) is 2.80. The van der Waals surface area contributed by atoms with Crippen LogP contribution in [-0.4, -0.2) is 35.9 Å². The maximum Gasteiger partial charge on any atom is 0.339 e. The van der Waals surface area contributed by atoms with Crippen molar-refractivity contribution < 1.29 is 19.7 Å². The largest absolute Gasteiger partial charge is 0.493 e. The third kappa shape index (κ3) is 6.57. The van der Waals surface area contributed by atoms with E-state index in [2.05, 4.69) is 17.4 Å². The number of carboxylic acid groups (broad SMARTS) is 1. The van der Waals surface area contributed by atoms with Gasteiger partial charge in [-0.15, -0.1) is 0 Å². The Kier molecular flexibility index (Phi) is 8.68. The van der Waals surface area contributed by atoms with Crippen LogP contribution in [0.3, 0.4) is 0 Å². The van der Waals surface area contributed by atoms with Gasteiger partial charge in [0.25, 0.3) is 0 Å². The van der Waals surface area contributed by atoms with Crippen molar-refractivity contribution in [3.05, 3.63) is 88.4 Å². The number of aliphatic hydroxyl groups is 1. The molecule has 32 heavy (non-hydrogen) atoms. The normalized spacial score (nSPS) is 11.8. The molecule has 1 atom stereocenters. The Bertz CT molecular complexity index is 1040. The fourth-order valence-electron chi connectivity index (χ4n) is 3.38. The number of halogens is 1. The van der Waals surface area contributed by atoms with Crippen molar-refractivity contribution >= 4 is 17.6 Å². The first kappa shape index (κ1) is 23.8. The Balaban J connectivity index is 1.56. The molecule has 0 amide bonds. The monoisotopic (exact) mass is 453 g/mol. The first-order valence-corrected chi connectivity index (χ1v) is 11.1. The van der Waals surface area contributed by atoms with Crippen molar-refractivity contribution in [2.75, 3.05) is 19.7 Å². The zero-order valence-electron chi connectivity index (χ0n) is 18.1. The van der Waals surface area contributed by atoms with Crippen LogP contribution in [0.5, 0.6) is 5.75 Å². The summed E-state index contributed by atoms with van der Waals surface area (Å²) >= 11 is 5.98. The number of hydrogen-bond donors (Lipinski definition) is 3. The van der Waals surface area contributed by atoms with Gasteiger partial charge in [-0.3, -0.25) is 0 Å². The van der Waals surface area contributed by atoms with Gasteiger partial charge in [0, 0.05) is 11.6 Å². The van der Waals surface area contributed by atoms with Crippen molar-refractivity contribution in [1.82, 2.24) is 5.32 Å². The summed E-state index contributed by atoms with van der Waals surface area (Å²) in [7, 11) is 0. The maximum absolute atomic E-state index is 11.4. The summed E-state index contributed by atoms with van der Waals surface area (Å²) in [5.74, 6) is -0.602. The zero-order valence-corrected chi connectivity index (χ0v) is 18.8. The topological polar surface area (TPSA) is 78.8 Å². The number of nitrogens with one attached hydrogen (secondary N) is 1. The highest BCUT2D eigenvalue weighted by Gasteiger charge is 2.13. The highest BCUT2D eigenvalue weighted by molar-refractivity contribution is 6.30. The summed E-state index contributed by atoms with van der Waals surface area (Å²) in [5.41, 5.74) is 4.05. The van der Waals surface area contributed by atoms with E-state index in [1.54, 1.807) is 30.3 Å². The molecule has 3 aromatic rings. The van der Waals surface area contributed by atoms with Gasteiger partial charge in [0.05, 0.1) is 12.7 Å². The quantitative estimate of drug-likeness (QED) is 0.340. The van der Waals surface area contributed by atoms with E-state index in [9.17, 15) is 15.0 Å². The number of rotatable bonds is 11. The number of benzene rings is 3. The number of ether oxygens (including phenoxy) is 1. The number of carboxylic acids is 1. The van der Waals surface area contributed by atoms with Crippen LogP contribution in [0.4, 0.5) is 0 Å². The molecule has 0 aliphatic heterocycles. The van der Waals surface area contributed by atoms with Crippen molar-refractivity contribution in [3.63, 3.8) is 0 Å². The lowest BCUT2D eigenvalue weighted by molar-refractivity contribution is 0.0692. The summed E-state index contributed by atoms with van der Waals surface area (Å²) in [4.78, 5) is 11.4. The van der Waals surface area contributed by atoms with Crippen LogP contribution in [0.2, 0.25) is 5.02 Å². The van der Waals surface area contributed by atoms with Gasteiger partial charge in [0.2, 0.25) is 0 Å². The fraction of sp³-hybridized carbons (Fsp3) is 0.269. The minimum atomic E-state index is -0.994. The Hall–Kier alpha value is -2.86. The van der Waals surface area contributed by atoms with Gasteiger partial charge in [0.15, 0.2) is 0 Å². The van der Waals surface area contributed by atoms with Crippen LogP contribution in [-0.2, 0) is 6.42 Å². The van der Waals surface area contributed by atoms with Crippen LogP contribution >= 0.6 is 11.6 Å². The van der Waals surface area contributed by atoms with E-state index >= 15 is 0 Å². The first-order chi connectivity index (χ1) is 15.5. The van der Waals surface area contributed by atoms with Gasteiger partial charge in [-0.1, -0.05) is 61.0 Å². The van der Waals surface area contributed by atoms with Crippen molar-refractivity contribution in [3.8, 4) is 16.9 Å². The molecule has 0 aliphatic rings. The van der Waals surface area contributed by atoms with E-state index in [1.807, 2.05) is 31.2 Å². The molecule has 0 heterocycles. The minimum Gasteiger partial charge on any atom is -0.493 e. The van der Waals surface area contributed by atoms with Crippen LogP contribution in [0.1, 0.15) is 40.9 Å². The van der Waals surface area contributed by atoms with Crippen molar-refractivity contribution in [1.29, 1.82) is 0 Å². The Morgan fingerprint density at radius 1 is 1.06 bits per heavy atom. The molecule has 0 saturated heterocycles. The van der Waals surface area contributed by atoms with Crippen molar-refractivity contribution in [2.24, 2.45) is 0 Å². The molecule has 0 radical (unpaired) electrons. The molecule has 0 spiro atoms. The van der Waals surface area contributed by atoms with E-state index in [-0.39, 0.29) is 5.56 Å². The van der Waals surface area contributed by atoms with Gasteiger partial charge in [-0.25, -0.2) is 4.79 Å². The van der Waals surface area contributed by atoms with E-state index in [0.29, 0.717) is 23.9 Å².